The average Bonchev–Trinajstić information content (AvgIpc) is 2.73. The van der Waals surface area contributed by atoms with E-state index in [1.54, 1.807) is 24.3 Å². The SMILES string of the molecule is O=C(/C=C/c1ccc(O)cc1)CC(=O)/C=C/c1cccc(Oc2ccccc2)c1. The molecule has 0 aliphatic rings. The van der Waals surface area contributed by atoms with Gasteiger partial charge in [-0.2, -0.15) is 0 Å². The molecule has 0 aromatic heterocycles. The summed E-state index contributed by atoms with van der Waals surface area (Å²) >= 11 is 0. The first kappa shape index (κ1) is 19.8. The number of ether oxygens (including phenoxy) is 1. The van der Waals surface area contributed by atoms with Crippen molar-refractivity contribution in [1.82, 2.24) is 0 Å². The minimum atomic E-state index is -0.283. The molecule has 0 aliphatic heterocycles. The number of aromatic hydroxyl groups is 1. The average molecular weight is 384 g/mol. The normalized spacial score (nSPS) is 11.0. The quantitative estimate of drug-likeness (QED) is 0.415. The zero-order valence-corrected chi connectivity index (χ0v) is 15.7. The third-order valence-electron chi connectivity index (χ3n) is 4.00. The summed E-state index contributed by atoms with van der Waals surface area (Å²) < 4.78 is 5.77. The molecule has 0 saturated heterocycles. The van der Waals surface area contributed by atoms with Crippen LogP contribution in [0.15, 0.2) is 91.0 Å². The highest BCUT2D eigenvalue weighted by molar-refractivity contribution is 6.10. The summed E-state index contributed by atoms with van der Waals surface area (Å²) in [6, 6.07) is 23.2. The Morgan fingerprint density at radius 1 is 0.724 bits per heavy atom. The number of phenols is 1. The molecule has 0 aliphatic carbocycles. The lowest BCUT2D eigenvalue weighted by atomic mass is 10.1. The van der Waals surface area contributed by atoms with Gasteiger partial charge in [0.1, 0.15) is 17.2 Å². The maximum atomic E-state index is 12.1. The molecule has 0 amide bonds. The number of allylic oxidation sites excluding steroid dienone is 2. The molecule has 3 aromatic carbocycles. The van der Waals surface area contributed by atoms with Crippen LogP contribution in [0, 0.1) is 0 Å². The molecule has 144 valence electrons. The summed E-state index contributed by atoms with van der Waals surface area (Å²) in [6.07, 6.45) is 5.84. The molecule has 0 fully saturated rings. The molecule has 0 spiro atoms. The standard InChI is InChI=1S/C25H20O4/c26-21-13-9-19(10-14-21)11-15-22(27)18-23(28)16-12-20-5-4-8-25(17-20)29-24-6-2-1-3-7-24/h1-17,26H,18H2/b15-11+,16-12+. The van der Waals surface area contributed by atoms with Crippen molar-refractivity contribution in [3.63, 3.8) is 0 Å². The fourth-order valence-electron chi connectivity index (χ4n) is 2.56. The van der Waals surface area contributed by atoms with Crippen molar-refractivity contribution in [2.75, 3.05) is 0 Å². The predicted octanol–water partition coefficient (Wildman–Crippen LogP) is 5.44. The Balaban J connectivity index is 1.55. The molecule has 0 unspecified atom stereocenters. The van der Waals surface area contributed by atoms with E-state index in [-0.39, 0.29) is 23.7 Å². The molecule has 0 radical (unpaired) electrons. The van der Waals surface area contributed by atoms with E-state index in [2.05, 4.69) is 0 Å². The van der Waals surface area contributed by atoms with Crippen molar-refractivity contribution in [3.8, 4) is 17.2 Å². The van der Waals surface area contributed by atoms with Crippen LogP contribution in [0.25, 0.3) is 12.2 Å². The lowest BCUT2D eigenvalue weighted by molar-refractivity contribution is -0.121. The monoisotopic (exact) mass is 384 g/mol. The number of benzene rings is 3. The van der Waals surface area contributed by atoms with Gasteiger partial charge in [-0.25, -0.2) is 0 Å². The Kier molecular flexibility index (Phi) is 6.74. The van der Waals surface area contributed by atoms with Gasteiger partial charge in [0.2, 0.25) is 0 Å². The van der Waals surface area contributed by atoms with Crippen LogP contribution in [0.4, 0.5) is 0 Å². The van der Waals surface area contributed by atoms with Crippen LogP contribution in [-0.2, 0) is 9.59 Å². The number of carbonyl (C=O) groups excluding carboxylic acids is 2. The Bertz CT molecular complexity index is 1030. The first-order valence-corrected chi connectivity index (χ1v) is 9.12. The fraction of sp³-hybridized carbons (Fsp3) is 0.0400. The van der Waals surface area contributed by atoms with Crippen molar-refractivity contribution in [3.05, 3.63) is 102 Å². The van der Waals surface area contributed by atoms with Crippen LogP contribution < -0.4 is 4.74 Å². The van der Waals surface area contributed by atoms with Gasteiger partial charge < -0.3 is 9.84 Å². The lowest BCUT2D eigenvalue weighted by Gasteiger charge is -2.05. The minimum Gasteiger partial charge on any atom is -0.508 e. The van der Waals surface area contributed by atoms with Crippen molar-refractivity contribution >= 4 is 23.7 Å². The first-order valence-electron chi connectivity index (χ1n) is 9.12. The second-order valence-corrected chi connectivity index (χ2v) is 6.36. The van der Waals surface area contributed by atoms with Gasteiger partial charge >= 0.3 is 0 Å². The summed E-state index contributed by atoms with van der Waals surface area (Å²) in [5, 5.41) is 9.25. The summed E-state index contributed by atoms with van der Waals surface area (Å²) in [6.45, 7) is 0. The van der Waals surface area contributed by atoms with Crippen LogP contribution >= 0.6 is 0 Å². The minimum absolute atomic E-state index is 0.159. The Labute approximate surface area is 169 Å². The second-order valence-electron chi connectivity index (χ2n) is 6.36. The highest BCUT2D eigenvalue weighted by Gasteiger charge is 2.04. The van der Waals surface area contributed by atoms with Gasteiger partial charge in [0.05, 0.1) is 6.42 Å². The van der Waals surface area contributed by atoms with Gasteiger partial charge in [-0.15, -0.1) is 0 Å². The van der Waals surface area contributed by atoms with E-state index in [4.69, 9.17) is 4.74 Å². The topological polar surface area (TPSA) is 63.6 Å². The molecule has 0 heterocycles. The van der Waals surface area contributed by atoms with E-state index in [9.17, 15) is 14.7 Å². The first-order chi connectivity index (χ1) is 14.1. The fourth-order valence-corrected chi connectivity index (χ4v) is 2.56. The number of para-hydroxylation sites is 1. The summed E-state index contributed by atoms with van der Waals surface area (Å²) in [5.74, 6) is 0.995. The van der Waals surface area contributed by atoms with Crippen LogP contribution in [0.1, 0.15) is 17.5 Å². The van der Waals surface area contributed by atoms with E-state index < -0.39 is 0 Å². The van der Waals surface area contributed by atoms with Gasteiger partial charge in [-0.3, -0.25) is 9.59 Å². The van der Waals surface area contributed by atoms with E-state index in [1.807, 2.05) is 54.6 Å². The van der Waals surface area contributed by atoms with Crippen LogP contribution in [-0.4, -0.2) is 16.7 Å². The molecule has 1 N–H and O–H groups in total. The molecule has 4 nitrogen and oxygen atoms in total. The molecule has 29 heavy (non-hydrogen) atoms. The number of hydrogen-bond donors (Lipinski definition) is 1. The third kappa shape index (κ3) is 6.63. The van der Waals surface area contributed by atoms with E-state index in [0.717, 1.165) is 16.9 Å². The molecule has 0 bridgehead atoms. The lowest BCUT2D eigenvalue weighted by Crippen LogP contribution is -2.01. The summed E-state index contributed by atoms with van der Waals surface area (Å²) in [7, 11) is 0. The summed E-state index contributed by atoms with van der Waals surface area (Å²) in [4.78, 5) is 24.0. The van der Waals surface area contributed by atoms with Gasteiger partial charge in [0.15, 0.2) is 11.6 Å². The number of phenolic OH excluding ortho intramolecular Hbond substituents is 1. The zero-order valence-electron chi connectivity index (χ0n) is 15.7. The van der Waals surface area contributed by atoms with Crippen LogP contribution in [0.2, 0.25) is 0 Å². The van der Waals surface area contributed by atoms with Gasteiger partial charge in [0, 0.05) is 0 Å². The third-order valence-corrected chi connectivity index (χ3v) is 4.00. The molecule has 3 rings (SSSR count). The van der Waals surface area contributed by atoms with Crippen molar-refractivity contribution in [1.29, 1.82) is 0 Å². The number of rotatable bonds is 8. The van der Waals surface area contributed by atoms with Crippen molar-refractivity contribution in [2.24, 2.45) is 0 Å². The number of ketones is 2. The van der Waals surface area contributed by atoms with Gasteiger partial charge in [0.25, 0.3) is 0 Å². The van der Waals surface area contributed by atoms with Crippen LogP contribution in [0.5, 0.6) is 17.2 Å². The highest BCUT2D eigenvalue weighted by atomic mass is 16.5. The van der Waals surface area contributed by atoms with Crippen molar-refractivity contribution < 1.29 is 19.4 Å². The summed E-state index contributed by atoms with van der Waals surface area (Å²) in [5.41, 5.74) is 1.58. The number of carbonyl (C=O) groups is 2. The Morgan fingerprint density at radius 3 is 2.03 bits per heavy atom. The van der Waals surface area contributed by atoms with Gasteiger partial charge in [-0.05, 0) is 59.7 Å². The maximum Gasteiger partial charge on any atom is 0.163 e. The van der Waals surface area contributed by atoms with E-state index in [1.165, 1.54) is 24.3 Å². The smallest absolute Gasteiger partial charge is 0.163 e. The maximum absolute atomic E-state index is 12.1. The number of hydrogen-bond acceptors (Lipinski definition) is 4. The molecule has 0 atom stereocenters. The predicted molar refractivity (Wildman–Crippen MR) is 114 cm³/mol. The molecule has 0 saturated carbocycles. The Morgan fingerprint density at radius 2 is 1.34 bits per heavy atom. The van der Waals surface area contributed by atoms with E-state index in [0.29, 0.717) is 5.75 Å². The molecule has 3 aromatic rings. The van der Waals surface area contributed by atoms with E-state index >= 15 is 0 Å². The van der Waals surface area contributed by atoms with Crippen molar-refractivity contribution in [2.45, 2.75) is 6.42 Å². The Hall–Kier alpha value is -3.92. The molecular weight excluding hydrogens is 364 g/mol. The van der Waals surface area contributed by atoms with Gasteiger partial charge in [-0.1, -0.05) is 54.6 Å². The highest BCUT2D eigenvalue weighted by Crippen LogP contribution is 2.22. The molecule has 4 heteroatoms. The molecular formula is C25H20O4. The zero-order chi connectivity index (χ0) is 20.5. The van der Waals surface area contributed by atoms with Crippen LogP contribution in [0.3, 0.4) is 0 Å². The second kappa shape index (κ2) is 9.85. The largest absolute Gasteiger partial charge is 0.508 e.